The lowest BCUT2D eigenvalue weighted by atomic mass is 9.78. The van der Waals surface area contributed by atoms with Crippen molar-refractivity contribution in [2.24, 2.45) is 5.92 Å². The number of hydrogen-bond acceptors (Lipinski definition) is 2. The molecule has 0 spiro atoms. The number of halogens is 2. The maximum atomic E-state index is 13.5. The Morgan fingerprint density at radius 2 is 2.04 bits per heavy atom. The largest absolute Gasteiger partial charge is 0.481 e. The van der Waals surface area contributed by atoms with E-state index < -0.39 is 11.9 Å². The number of rotatable bonds is 6. The molecule has 2 saturated carbocycles. The number of carbonyl (C=O) groups is 1. The zero-order valence-corrected chi connectivity index (χ0v) is 13.9. The van der Waals surface area contributed by atoms with Crippen LogP contribution in [0.4, 0.5) is 8.78 Å². The first-order valence-corrected chi connectivity index (χ1v) is 8.73. The molecule has 0 aromatic heterocycles. The van der Waals surface area contributed by atoms with Gasteiger partial charge in [0, 0.05) is 19.4 Å². The fraction of sp³-hybridized carbons (Fsp3) is 0.632. The number of hydrogen-bond donors (Lipinski definition) is 1. The number of aliphatic carboxylic acids is 1. The predicted molar refractivity (Wildman–Crippen MR) is 86.4 cm³/mol. The minimum absolute atomic E-state index is 0.00315. The van der Waals surface area contributed by atoms with Crippen molar-refractivity contribution in [1.82, 2.24) is 0 Å². The van der Waals surface area contributed by atoms with Gasteiger partial charge in [-0.2, -0.15) is 0 Å². The lowest BCUT2D eigenvalue weighted by molar-refractivity contribution is -0.138. The highest BCUT2D eigenvalue weighted by atomic mass is 19.3. The quantitative estimate of drug-likeness (QED) is 0.817. The molecule has 0 radical (unpaired) electrons. The van der Waals surface area contributed by atoms with Crippen LogP contribution in [0.1, 0.15) is 67.6 Å². The van der Waals surface area contributed by atoms with Crippen LogP contribution in [0.25, 0.3) is 0 Å². The zero-order chi connectivity index (χ0) is 17.3. The smallest absolute Gasteiger partial charge is 0.307 e. The van der Waals surface area contributed by atoms with E-state index in [-0.39, 0.29) is 30.6 Å². The standard InChI is InChI=1S/C19H24F2O3/c1-2-24-11-13-4-3-5-14(12-6-8-19(20,21)9-7-12)17(13)15-10-16(15)18(22)23/h3-5,12,15-16H,2,6-11H2,1H3,(H,22,23). The van der Waals surface area contributed by atoms with Crippen LogP contribution in [0, 0.1) is 5.92 Å². The maximum Gasteiger partial charge on any atom is 0.307 e. The molecule has 24 heavy (non-hydrogen) atoms. The highest BCUT2D eigenvalue weighted by Gasteiger charge is 2.47. The van der Waals surface area contributed by atoms with Crippen molar-refractivity contribution < 1.29 is 23.4 Å². The molecular formula is C19H24F2O3. The molecular weight excluding hydrogens is 314 g/mol. The summed E-state index contributed by atoms with van der Waals surface area (Å²) in [7, 11) is 0. The molecule has 1 N–H and O–H groups in total. The van der Waals surface area contributed by atoms with Crippen LogP contribution in [0.5, 0.6) is 0 Å². The number of benzene rings is 1. The van der Waals surface area contributed by atoms with Gasteiger partial charge in [-0.05, 0) is 54.7 Å². The van der Waals surface area contributed by atoms with Crippen molar-refractivity contribution in [3.63, 3.8) is 0 Å². The van der Waals surface area contributed by atoms with E-state index in [0.29, 0.717) is 32.5 Å². The van der Waals surface area contributed by atoms with Gasteiger partial charge in [-0.1, -0.05) is 18.2 Å². The average molecular weight is 338 g/mol. The summed E-state index contributed by atoms with van der Waals surface area (Å²) in [5.41, 5.74) is 3.13. The molecule has 3 rings (SSSR count). The summed E-state index contributed by atoms with van der Waals surface area (Å²) in [5.74, 6) is -3.58. The van der Waals surface area contributed by atoms with Gasteiger partial charge in [-0.3, -0.25) is 4.79 Å². The maximum absolute atomic E-state index is 13.5. The molecule has 0 aliphatic heterocycles. The number of alkyl halides is 2. The summed E-state index contributed by atoms with van der Waals surface area (Å²) < 4.78 is 32.5. The van der Waals surface area contributed by atoms with Crippen LogP contribution >= 0.6 is 0 Å². The molecule has 3 nitrogen and oxygen atoms in total. The molecule has 0 heterocycles. The van der Waals surface area contributed by atoms with Gasteiger partial charge in [-0.15, -0.1) is 0 Å². The SMILES string of the molecule is CCOCc1cccc(C2CCC(F)(F)CC2)c1C1CC1C(=O)O. The second kappa shape index (κ2) is 6.79. The second-order valence-corrected chi connectivity index (χ2v) is 6.97. The van der Waals surface area contributed by atoms with Crippen LogP contribution in [-0.2, 0) is 16.1 Å². The van der Waals surface area contributed by atoms with E-state index >= 15 is 0 Å². The number of carboxylic acids is 1. The van der Waals surface area contributed by atoms with Crippen molar-refractivity contribution in [3.8, 4) is 0 Å². The zero-order valence-electron chi connectivity index (χ0n) is 13.9. The van der Waals surface area contributed by atoms with Crippen LogP contribution < -0.4 is 0 Å². The lowest BCUT2D eigenvalue weighted by Crippen LogP contribution is -2.24. The fourth-order valence-corrected chi connectivity index (χ4v) is 3.92. The molecule has 5 heteroatoms. The Balaban J connectivity index is 1.89. The van der Waals surface area contributed by atoms with Crippen LogP contribution in [-0.4, -0.2) is 23.6 Å². The predicted octanol–water partition coefficient (Wildman–Crippen LogP) is 4.70. The Bertz CT molecular complexity index is 605. The number of carboxylic acid groups (broad SMARTS) is 1. The Kier molecular flexibility index (Phi) is 4.90. The normalized spacial score (nSPS) is 26.3. The van der Waals surface area contributed by atoms with E-state index in [0.717, 1.165) is 16.7 Å². The lowest BCUT2D eigenvalue weighted by Gasteiger charge is -2.30. The van der Waals surface area contributed by atoms with Gasteiger partial charge < -0.3 is 9.84 Å². The molecule has 1 aromatic carbocycles. The summed E-state index contributed by atoms with van der Waals surface area (Å²) in [5, 5.41) is 9.29. The molecule has 0 saturated heterocycles. The summed E-state index contributed by atoms with van der Waals surface area (Å²) in [6.45, 7) is 2.96. The van der Waals surface area contributed by atoms with Crippen LogP contribution in [0.3, 0.4) is 0 Å². The minimum Gasteiger partial charge on any atom is -0.481 e. The third kappa shape index (κ3) is 3.61. The third-order valence-corrected chi connectivity index (χ3v) is 5.33. The van der Waals surface area contributed by atoms with E-state index in [1.165, 1.54) is 0 Å². The van der Waals surface area contributed by atoms with Crippen molar-refractivity contribution in [2.45, 2.75) is 63.4 Å². The van der Waals surface area contributed by atoms with Gasteiger partial charge in [0.25, 0.3) is 0 Å². The molecule has 0 amide bonds. The summed E-state index contributed by atoms with van der Waals surface area (Å²) in [6.07, 6.45) is 1.39. The molecule has 132 valence electrons. The molecule has 2 unspecified atom stereocenters. The first kappa shape index (κ1) is 17.3. The van der Waals surface area contributed by atoms with E-state index in [9.17, 15) is 18.7 Å². The van der Waals surface area contributed by atoms with E-state index in [4.69, 9.17) is 4.74 Å². The van der Waals surface area contributed by atoms with Crippen molar-refractivity contribution in [1.29, 1.82) is 0 Å². The fourth-order valence-electron chi connectivity index (χ4n) is 3.92. The molecule has 2 atom stereocenters. The van der Waals surface area contributed by atoms with Gasteiger partial charge in [-0.25, -0.2) is 8.78 Å². The second-order valence-electron chi connectivity index (χ2n) is 6.97. The van der Waals surface area contributed by atoms with Gasteiger partial charge in [0.1, 0.15) is 0 Å². The first-order valence-electron chi connectivity index (χ1n) is 8.73. The molecule has 2 aliphatic rings. The first-order chi connectivity index (χ1) is 11.4. The Morgan fingerprint density at radius 1 is 1.33 bits per heavy atom. The topological polar surface area (TPSA) is 46.5 Å². The van der Waals surface area contributed by atoms with Crippen molar-refractivity contribution >= 4 is 5.97 Å². The van der Waals surface area contributed by atoms with Gasteiger partial charge in [0.05, 0.1) is 12.5 Å². The Morgan fingerprint density at radius 3 is 2.62 bits per heavy atom. The summed E-state index contributed by atoms with van der Waals surface area (Å²) >= 11 is 0. The molecule has 2 fully saturated rings. The van der Waals surface area contributed by atoms with Crippen molar-refractivity contribution in [2.75, 3.05) is 6.61 Å². The minimum atomic E-state index is -2.55. The highest BCUT2D eigenvalue weighted by molar-refractivity contribution is 5.75. The Hall–Kier alpha value is -1.49. The van der Waals surface area contributed by atoms with E-state index in [1.54, 1.807) is 0 Å². The Labute approximate surface area is 141 Å². The third-order valence-electron chi connectivity index (χ3n) is 5.33. The van der Waals surface area contributed by atoms with Gasteiger partial charge >= 0.3 is 5.97 Å². The van der Waals surface area contributed by atoms with Crippen LogP contribution in [0.15, 0.2) is 18.2 Å². The molecule has 2 aliphatic carbocycles. The van der Waals surface area contributed by atoms with Crippen molar-refractivity contribution in [3.05, 3.63) is 34.9 Å². The average Bonchev–Trinajstić information content (AvgIpc) is 3.33. The molecule has 0 bridgehead atoms. The highest BCUT2D eigenvalue weighted by Crippen LogP contribution is 2.53. The number of ether oxygens (including phenoxy) is 1. The van der Waals surface area contributed by atoms with Gasteiger partial charge in [0.2, 0.25) is 5.92 Å². The molecule has 1 aromatic rings. The summed E-state index contributed by atoms with van der Waals surface area (Å²) in [4.78, 5) is 11.3. The van der Waals surface area contributed by atoms with E-state index in [2.05, 4.69) is 0 Å². The van der Waals surface area contributed by atoms with E-state index in [1.807, 2.05) is 25.1 Å². The van der Waals surface area contributed by atoms with Crippen LogP contribution in [0.2, 0.25) is 0 Å². The summed E-state index contributed by atoms with van der Waals surface area (Å²) in [6, 6.07) is 5.91. The van der Waals surface area contributed by atoms with Gasteiger partial charge in [0.15, 0.2) is 0 Å². The monoisotopic (exact) mass is 338 g/mol.